The van der Waals surface area contributed by atoms with Crippen LogP contribution in [-0.4, -0.2) is 30.1 Å². The fourth-order valence-electron chi connectivity index (χ4n) is 2.18. The Balaban J connectivity index is 2.00. The minimum absolute atomic E-state index is 0.162. The Kier molecular flexibility index (Phi) is 4.20. The van der Waals surface area contributed by atoms with Crippen LogP contribution in [0.5, 0.6) is 0 Å². The first kappa shape index (κ1) is 14.7. The molecule has 0 bridgehead atoms. The summed E-state index contributed by atoms with van der Waals surface area (Å²) in [6.07, 6.45) is -3.22. The zero-order valence-corrected chi connectivity index (χ0v) is 11.2. The Morgan fingerprint density at radius 2 is 2.00 bits per heavy atom. The Morgan fingerprint density at radius 3 is 2.55 bits per heavy atom. The second kappa shape index (κ2) is 5.73. The van der Waals surface area contributed by atoms with Gasteiger partial charge in [-0.15, -0.1) is 0 Å². The number of hydrogen-bond donors (Lipinski definition) is 1. The summed E-state index contributed by atoms with van der Waals surface area (Å²) in [6, 6.07) is 4.93. The van der Waals surface area contributed by atoms with Crippen LogP contribution in [0.1, 0.15) is 24.5 Å². The van der Waals surface area contributed by atoms with Crippen molar-refractivity contribution in [3.05, 3.63) is 35.4 Å². The smallest absolute Gasteiger partial charge is 0.335 e. The van der Waals surface area contributed by atoms with Gasteiger partial charge in [0, 0.05) is 19.1 Å². The topological polar surface area (TPSA) is 32.3 Å². The Labute approximate surface area is 115 Å². The van der Waals surface area contributed by atoms with Crippen molar-refractivity contribution >= 4 is 6.03 Å². The van der Waals surface area contributed by atoms with Gasteiger partial charge in [0.25, 0.3) is 0 Å². The van der Waals surface area contributed by atoms with Crippen LogP contribution in [0.25, 0.3) is 0 Å². The van der Waals surface area contributed by atoms with E-state index in [1.54, 1.807) is 17.9 Å². The van der Waals surface area contributed by atoms with Crippen molar-refractivity contribution in [2.45, 2.75) is 32.0 Å². The summed E-state index contributed by atoms with van der Waals surface area (Å²) in [4.78, 5) is 13.3. The molecule has 1 saturated heterocycles. The van der Waals surface area contributed by atoms with Crippen molar-refractivity contribution in [1.82, 2.24) is 10.2 Å². The summed E-state index contributed by atoms with van der Waals surface area (Å²) >= 11 is 0. The lowest BCUT2D eigenvalue weighted by Gasteiger charge is -2.32. The van der Waals surface area contributed by atoms with Crippen molar-refractivity contribution in [3.8, 4) is 0 Å². The lowest BCUT2D eigenvalue weighted by Crippen LogP contribution is -2.50. The van der Waals surface area contributed by atoms with Crippen LogP contribution in [0, 0.1) is 0 Å². The number of halogens is 3. The first-order valence-corrected chi connectivity index (χ1v) is 6.58. The molecule has 6 heteroatoms. The van der Waals surface area contributed by atoms with E-state index in [0.717, 1.165) is 25.6 Å². The van der Waals surface area contributed by atoms with Gasteiger partial charge < -0.3 is 10.2 Å². The molecule has 0 saturated carbocycles. The van der Waals surface area contributed by atoms with Gasteiger partial charge in [-0.25, -0.2) is 4.79 Å². The highest BCUT2D eigenvalue weighted by Gasteiger charge is 2.33. The molecule has 2 amide bonds. The van der Waals surface area contributed by atoms with Crippen LogP contribution in [0.4, 0.5) is 18.0 Å². The summed E-state index contributed by atoms with van der Waals surface area (Å²) in [5.41, 5.74) is -0.429. The first-order chi connectivity index (χ1) is 9.38. The predicted octanol–water partition coefficient (Wildman–Crippen LogP) is 3.05. The van der Waals surface area contributed by atoms with Crippen LogP contribution in [0.3, 0.4) is 0 Å². The highest BCUT2D eigenvalue weighted by molar-refractivity contribution is 5.75. The summed E-state index contributed by atoms with van der Waals surface area (Å²) in [5, 5.41) is 2.73. The summed E-state index contributed by atoms with van der Waals surface area (Å²) < 4.78 is 38.6. The monoisotopic (exact) mass is 286 g/mol. The molecule has 1 aromatic carbocycles. The third kappa shape index (κ3) is 3.43. The molecule has 1 fully saturated rings. The molecule has 1 aliphatic rings. The van der Waals surface area contributed by atoms with Gasteiger partial charge in [-0.05, 0) is 31.4 Å². The average molecular weight is 286 g/mol. The van der Waals surface area contributed by atoms with Crippen LogP contribution in [0.2, 0.25) is 0 Å². The van der Waals surface area contributed by atoms with Gasteiger partial charge in [-0.1, -0.05) is 18.2 Å². The predicted molar refractivity (Wildman–Crippen MR) is 69.3 cm³/mol. The molecule has 3 nitrogen and oxygen atoms in total. The quantitative estimate of drug-likeness (QED) is 0.910. The van der Waals surface area contributed by atoms with Gasteiger partial charge in [-0.2, -0.15) is 13.2 Å². The second-order valence-electron chi connectivity index (χ2n) is 5.05. The van der Waals surface area contributed by atoms with E-state index in [1.165, 1.54) is 12.1 Å². The third-order valence-electron chi connectivity index (χ3n) is 3.36. The highest BCUT2D eigenvalue weighted by Crippen LogP contribution is 2.32. The van der Waals surface area contributed by atoms with Crippen molar-refractivity contribution in [2.24, 2.45) is 0 Å². The molecule has 0 aliphatic carbocycles. The van der Waals surface area contributed by atoms with E-state index >= 15 is 0 Å². The lowest BCUT2D eigenvalue weighted by atomic mass is 10.0. The number of benzene rings is 1. The van der Waals surface area contributed by atoms with Gasteiger partial charge in [0.2, 0.25) is 0 Å². The number of urea groups is 1. The molecule has 1 heterocycles. The molecular weight excluding hydrogens is 269 g/mol. The molecular formula is C14H17F3N2O. The van der Waals surface area contributed by atoms with E-state index in [1.807, 2.05) is 0 Å². The zero-order valence-electron chi connectivity index (χ0n) is 11.2. The minimum Gasteiger partial charge on any atom is -0.335 e. The fraction of sp³-hybridized carbons (Fsp3) is 0.500. The first-order valence-electron chi connectivity index (χ1n) is 6.58. The SMILES string of the molecule is C[C@@H](Cc1ccccc1C(F)(F)F)NC(=O)N1CCC1. The Morgan fingerprint density at radius 1 is 1.35 bits per heavy atom. The molecule has 1 aromatic rings. The number of nitrogens with one attached hydrogen (secondary N) is 1. The number of carbonyl (C=O) groups excluding carboxylic acids is 1. The molecule has 1 atom stereocenters. The fourth-order valence-corrected chi connectivity index (χ4v) is 2.18. The number of hydrogen-bond acceptors (Lipinski definition) is 1. The van der Waals surface area contributed by atoms with Crippen molar-refractivity contribution in [1.29, 1.82) is 0 Å². The molecule has 2 rings (SSSR count). The van der Waals surface area contributed by atoms with Gasteiger partial charge in [0.05, 0.1) is 5.56 Å². The average Bonchev–Trinajstić information content (AvgIpc) is 2.25. The minimum atomic E-state index is -4.36. The van der Waals surface area contributed by atoms with Crippen molar-refractivity contribution < 1.29 is 18.0 Å². The van der Waals surface area contributed by atoms with E-state index in [-0.39, 0.29) is 24.1 Å². The van der Waals surface area contributed by atoms with Gasteiger partial charge in [0.15, 0.2) is 0 Å². The number of rotatable bonds is 3. The number of likely N-dealkylation sites (tertiary alicyclic amines) is 1. The molecule has 0 radical (unpaired) electrons. The maximum absolute atomic E-state index is 12.9. The van der Waals surface area contributed by atoms with Crippen molar-refractivity contribution in [3.63, 3.8) is 0 Å². The number of nitrogens with zero attached hydrogens (tertiary/aromatic N) is 1. The zero-order chi connectivity index (χ0) is 14.8. The lowest BCUT2D eigenvalue weighted by molar-refractivity contribution is -0.138. The molecule has 110 valence electrons. The molecule has 1 N–H and O–H groups in total. The maximum Gasteiger partial charge on any atom is 0.416 e. The number of amides is 2. The van der Waals surface area contributed by atoms with Crippen LogP contribution in [-0.2, 0) is 12.6 Å². The van der Waals surface area contributed by atoms with E-state index in [2.05, 4.69) is 5.32 Å². The summed E-state index contributed by atoms with van der Waals surface area (Å²) in [6.45, 7) is 3.15. The summed E-state index contributed by atoms with van der Waals surface area (Å²) in [7, 11) is 0. The molecule has 0 unspecified atom stereocenters. The molecule has 0 aromatic heterocycles. The normalized spacial score (nSPS) is 16.5. The van der Waals surface area contributed by atoms with E-state index in [4.69, 9.17) is 0 Å². The number of alkyl halides is 3. The largest absolute Gasteiger partial charge is 0.416 e. The summed E-state index contributed by atoms with van der Waals surface area (Å²) in [5.74, 6) is 0. The maximum atomic E-state index is 12.9. The molecule has 20 heavy (non-hydrogen) atoms. The van der Waals surface area contributed by atoms with Crippen LogP contribution >= 0.6 is 0 Å². The molecule has 0 spiro atoms. The van der Waals surface area contributed by atoms with Crippen LogP contribution in [0.15, 0.2) is 24.3 Å². The van der Waals surface area contributed by atoms with Gasteiger partial charge in [-0.3, -0.25) is 0 Å². The van der Waals surface area contributed by atoms with Crippen LogP contribution < -0.4 is 5.32 Å². The van der Waals surface area contributed by atoms with E-state index < -0.39 is 11.7 Å². The number of carbonyl (C=O) groups is 1. The van der Waals surface area contributed by atoms with Crippen molar-refractivity contribution in [2.75, 3.05) is 13.1 Å². The second-order valence-corrected chi connectivity index (χ2v) is 5.05. The standard InChI is InChI=1S/C14H17F3N2O/c1-10(18-13(20)19-7-4-8-19)9-11-5-2-3-6-12(11)14(15,16)17/h2-3,5-6,10H,4,7-9H2,1H3,(H,18,20)/t10-/m0/s1. The van der Waals surface area contributed by atoms with Gasteiger partial charge >= 0.3 is 12.2 Å². The highest BCUT2D eigenvalue weighted by atomic mass is 19.4. The Hall–Kier alpha value is -1.72. The van der Waals surface area contributed by atoms with E-state index in [9.17, 15) is 18.0 Å². The van der Waals surface area contributed by atoms with E-state index in [0.29, 0.717) is 0 Å². The third-order valence-corrected chi connectivity index (χ3v) is 3.36. The van der Waals surface area contributed by atoms with Gasteiger partial charge in [0.1, 0.15) is 0 Å². The molecule has 1 aliphatic heterocycles. The Bertz CT molecular complexity index is 484.